The summed E-state index contributed by atoms with van der Waals surface area (Å²) < 4.78 is 52.9. The molecular weight excluding hydrogens is 447 g/mol. The molecule has 1 saturated heterocycles. The molecule has 7 rings (SSSR count). The van der Waals surface area contributed by atoms with E-state index in [0.29, 0.717) is 30.0 Å². The van der Waals surface area contributed by atoms with Crippen LogP contribution in [-0.2, 0) is 18.3 Å². The molecule has 3 aromatic rings. The van der Waals surface area contributed by atoms with Crippen LogP contribution in [0.4, 0.5) is 18.9 Å². The van der Waals surface area contributed by atoms with Gasteiger partial charge in [0.15, 0.2) is 17.6 Å². The molecular formula is C25H24F3N3O3. The van der Waals surface area contributed by atoms with Gasteiger partial charge in [-0.3, -0.25) is 4.90 Å². The normalized spacial score (nSPS) is 31.2. The van der Waals surface area contributed by atoms with Gasteiger partial charge in [-0.1, -0.05) is 6.07 Å². The first-order valence-electron chi connectivity index (χ1n) is 11.5. The fraction of sp³-hybridized carbons (Fsp3) is 0.440. The molecule has 0 unspecified atom stereocenters. The van der Waals surface area contributed by atoms with E-state index < -0.39 is 35.9 Å². The molecule has 2 bridgehead atoms. The molecule has 3 heterocycles. The standard InChI is InChI=1S/C25H24F3N3O3/c1-33-17-5-2-12-8-18-24(32)10-15-14-9-13(29)3-4-16(14)30-20(15)22-23(24,19(12)21(17)34-22)6-7-31(18)11-25(26,27)28/h2-5,9,18,22,30,32H,6-8,10-11,29H2,1H3/t18-,22+,23+,24-/m1/s1. The van der Waals surface area contributed by atoms with Gasteiger partial charge in [0.05, 0.1) is 30.4 Å². The van der Waals surface area contributed by atoms with Crippen LogP contribution >= 0.6 is 0 Å². The molecule has 178 valence electrons. The zero-order chi connectivity index (χ0) is 23.6. The summed E-state index contributed by atoms with van der Waals surface area (Å²) in [6.07, 6.45) is -4.02. The molecule has 2 aliphatic heterocycles. The van der Waals surface area contributed by atoms with E-state index in [0.717, 1.165) is 33.3 Å². The number of ether oxygens (including phenoxy) is 2. The maximum atomic E-state index is 13.6. The summed E-state index contributed by atoms with van der Waals surface area (Å²) in [7, 11) is 1.57. The lowest BCUT2D eigenvalue weighted by molar-refractivity contribution is -0.206. The number of nitrogens with two attached hydrogens (primary N) is 1. The Kier molecular flexibility index (Phi) is 3.73. The second kappa shape index (κ2) is 6.20. The highest BCUT2D eigenvalue weighted by atomic mass is 19.4. The number of fused-ring (bicyclic) bond motifs is 4. The lowest BCUT2D eigenvalue weighted by Gasteiger charge is -2.62. The Bertz CT molecular complexity index is 1370. The first kappa shape index (κ1) is 20.5. The minimum Gasteiger partial charge on any atom is -0.493 e. The number of hydrogen-bond donors (Lipinski definition) is 3. The first-order valence-corrected chi connectivity index (χ1v) is 11.5. The van der Waals surface area contributed by atoms with Gasteiger partial charge in [-0.25, -0.2) is 0 Å². The van der Waals surface area contributed by atoms with Crippen molar-refractivity contribution in [1.82, 2.24) is 9.88 Å². The Morgan fingerprint density at radius 1 is 1.29 bits per heavy atom. The molecule has 6 nitrogen and oxygen atoms in total. The fourth-order valence-electron chi connectivity index (χ4n) is 7.36. The molecule has 1 fully saturated rings. The summed E-state index contributed by atoms with van der Waals surface area (Å²) in [5, 5.41) is 13.4. The summed E-state index contributed by atoms with van der Waals surface area (Å²) in [4.78, 5) is 4.91. The molecule has 2 aromatic carbocycles. The molecule has 4 aliphatic rings. The van der Waals surface area contributed by atoms with Crippen molar-refractivity contribution in [2.45, 2.75) is 48.6 Å². The van der Waals surface area contributed by atoms with E-state index in [2.05, 4.69) is 4.98 Å². The highest BCUT2D eigenvalue weighted by Crippen LogP contribution is 2.69. The largest absolute Gasteiger partial charge is 0.493 e. The number of H-pyrrole nitrogens is 1. The zero-order valence-electron chi connectivity index (χ0n) is 18.5. The number of nitrogen functional groups attached to an aromatic ring is 1. The second-order valence-corrected chi connectivity index (χ2v) is 10.1. The average molecular weight is 471 g/mol. The van der Waals surface area contributed by atoms with Crippen molar-refractivity contribution >= 4 is 16.6 Å². The topological polar surface area (TPSA) is 83.7 Å². The molecule has 0 radical (unpaired) electrons. The van der Waals surface area contributed by atoms with Gasteiger partial charge in [-0.05, 0) is 48.2 Å². The number of aliphatic hydroxyl groups is 1. The van der Waals surface area contributed by atoms with Crippen LogP contribution in [0.25, 0.3) is 10.9 Å². The van der Waals surface area contributed by atoms with Crippen LogP contribution < -0.4 is 15.2 Å². The van der Waals surface area contributed by atoms with Gasteiger partial charge in [0.25, 0.3) is 0 Å². The van der Waals surface area contributed by atoms with Crippen LogP contribution in [0.2, 0.25) is 0 Å². The quantitative estimate of drug-likeness (QED) is 0.498. The number of methoxy groups -OCH3 is 1. The van der Waals surface area contributed by atoms with E-state index in [1.54, 1.807) is 13.2 Å². The number of likely N-dealkylation sites (tertiary alicyclic amines) is 1. The Balaban J connectivity index is 1.52. The third-order valence-electron chi connectivity index (χ3n) is 8.58. The number of aromatic amines is 1. The van der Waals surface area contributed by atoms with E-state index in [-0.39, 0.29) is 13.0 Å². The van der Waals surface area contributed by atoms with Crippen LogP contribution in [0.3, 0.4) is 0 Å². The van der Waals surface area contributed by atoms with Gasteiger partial charge in [-0.15, -0.1) is 0 Å². The SMILES string of the molecule is COc1ccc2c3c1O[C@H]1c4[nH]c5ccc(N)cc5c4C[C@@]4(O)[C@@H](C2)N(CC(F)(F)F)CC[C@]314. The molecule has 2 aliphatic carbocycles. The van der Waals surface area contributed by atoms with Crippen LogP contribution in [0.15, 0.2) is 30.3 Å². The molecule has 1 aromatic heterocycles. The van der Waals surface area contributed by atoms with Crippen molar-refractivity contribution in [1.29, 1.82) is 0 Å². The fourth-order valence-corrected chi connectivity index (χ4v) is 7.36. The lowest BCUT2D eigenvalue weighted by atomic mass is 9.49. The second-order valence-electron chi connectivity index (χ2n) is 10.1. The van der Waals surface area contributed by atoms with Gasteiger partial charge in [-0.2, -0.15) is 13.2 Å². The van der Waals surface area contributed by atoms with Gasteiger partial charge in [0, 0.05) is 41.2 Å². The van der Waals surface area contributed by atoms with Crippen molar-refractivity contribution in [2.75, 3.05) is 25.9 Å². The number of benzene rings is 2. The van der Waals surface area contributed by atoms with E-state index in [9.17, 15) is 18.3 Å². The number of aromatic nitrogens is 1. The highest BCUT2D eigenvalue weighted by molar-refractivity contribution is 5.88. The van der Waals surface area contributed by atoms with E-state index in [1.807, 2.05) is 24.3 Å². The molecule has 0 amide bonds. The summed E-state index contributed by atoms with van der Waals surface area (Å²) in [6.45, 7) is -0.821. The monoisotopic (exact) mass is 471 g/mol. The Hall–Kier alpha value is -2.91. The van der Waals surface area contributed by atoms with Crippen molar-refractivity contribution in [3.05, 3.63) is 52.7 Å². The van der Waals surface area contributed by atoms with Gasteiger partial charge in [0.1, 0.15) is 0 Å². The minimum absolute atomic E-state index is 0.223. The highest BCUT2D eigenvalue weighted by Gasteiger charge is 2.73. The van der Waals surface area contributed by atoms with Crippen molar-refractivity contribution in [3.63, 3.8) is 0 Å². The van der Waals surface area contributed by atoms with E-state index in [4.69, 9.17) is 15.2 Å². The predicted molar refractivity (Wildman–Crippen MR) is 119 cm³/mol. The third-order valence-corrected chi connectivity index (χ3v) is 8.58. The number of piperidine rings is 1. The van der Waals surface area contributed by atoms with Crippen molar-refractivity contribution in [3.8, 4) is 11.5 Å². The van der Waals surface area contributed by atoms with Gasteiger partial charge in [0.2, 0.25) is 0 Å². The number of rotatable bonds is 2. The summed E-state index contributed by atoms with van der Waals surface area (Å²) in [5.74, 6) is 1.17. The Labute approximate surface area is 193 Å². The van der Waals surface area contributed by atoms with Crippen LogP contribution in [0.1, 0.15) is 34.9 Å². The number of nitrogens with zero attached hydrogens (tertiary/aromatic N) is 1. The van der Waals surface area contributed by atoms with Crippen LogP contribution in [0.5, 0.6) is 11.5 Å². The maximum absolute atomic E-state index is 13.6. The molecule has 4 atom stereocenters. The molecule has 34 heavy (non-hydrogen) atoms. The predicted octanol–water partition coefficient (Wildman–Crippen LogP) is 3.61. The molecule has 0 saturated carbocycles. The van der Waals surface area contributed by atoms with E-state index in [1.165, 1.54) is 4.90 Å². The van der Waals surface area contributed by atoms with E-state index >= 15 is 0 Å². The maximum Gasteiger partial charge on any atom is 0.401 e. The smallest absolute Gasteiger partial charge is 0.401 e. The Morgan fingerprint density at radius 3 is 2.88 bits per heavy atom. The summed E-state index contributed by atoms with van der Waals surface area (Å²) >= 11 is 0. The molecule has 1 spiro atoms. The number of anilines is 1. The molecule has 4 N–H and O–H groups in total. The number of nitrogens with one attached hydrogen (secondary N) is 1. The van der Waals surface area contributed by atoms with Crippen LogP contribution in [0, 0.1) is 0 Å². The summed E-state index contributed by atoms with van der Waals surface area (Å²) in [6, 6.07) is 8.58. The van der Waals surface area contributed by atoms with Gasteiger partial charge >= 0.3 is 6.18 Å². The number of halogens is 3. The number of alkyl halides is 3. The average Bonchev–Trinajstić information content (AvgIpc) is 3.29. The van der Waals surface area contributed by atoms with Crippen molar-refractivity contribution in [2.24, 2.45) is 0 Å². The third kappa shape index (κ3) is 2.29. The minimum atomic E-state index is -4.35. The van der Waals surface area contributed by atoms with Gasteiger partial charge < -0.3 is 25.3 Å². The molecule has 9 heteroatoms. The zero-order valence-corrected chi connectivity index (χ0v) is 18.5. The Morgan fingerprint density at radius 2 is 2.12 bits per heavy atom. The first-order chi connectivity index (χ1) is 16.2. The van der Waals surface area contributed by atoms with Crippen LogP contribution in [-0.4, -0.2) is 53.0 Å². The number of hydrogen-bond acceptors (Lipinski definition) is 5. The van der Waals surface area contributed by atoms with Crippen molar-refractivity contribution < 1.29 is 27.8 Å². The lowest BCUT2D eigenvalue weighted by Crippen LogP contribution is -2.75. The summed E-state index contributed by atoms with van der Waals surface area (Å²) in [5.41, 5.74) is 8.74.